The SMILES string of the molecule is COC(=O)c1cc(C(=O)OC)cc(S(=O)(=O)N(Cc2ccccc2)[C@@H](C)C2CC2)c1. The van der Waals surface area contributed by atoms with Gasteiger partial charge in [0.05, 0.1) is 30.2 Å². The van der Waals surface area contributed by atoms with E-state index in [1.165, 1.54) is 36.7 Å². The van der Waals surface area contributed by atoms with Gasteiger partial charge in [-0.25, -0.2) is 18.0 Å². The predicted molar refractivity (Wildman–Crippen MR) is 110 cm³/mol. The van der Waals surface area contributed by atoms with E-state index in [1.54, 1.807) is 0 Å². The van der Waals surface area contributed by atoms with Crippen LogP contribution in [-0.4, -0.2) is 44.9 Å². The molecule has 0 N–H and O–H groups in total. The van der Waals surface area contributed by atoms with Gasteiger partial charge in [0.15, 0.2) is 0 Å². The summed E-state index contributed by atoms with van der Waals surface area (Å²) in [7, 11) is -1.63. The lowest BCUT2D eigenvalue weighted by Gasteiger charge is -2.29. The highest BCUT2D eigenvalue weighted by molar-refractivity contribution is 7.89. The molecule has 2 aromatic rings. The third-order valence-electron chi connectivity index (χ3n) is 5.30. The molecule has 3 rings (SSSR count). The van der Waals surface area contributed by atoms with Crippen LogP contribution in [0.5, 0.6) is 0 Å². The van der Waals surface area contributed by atoms with Crippen LogP contribution in [-0.2, 0) is 26.0 Å². The van der Waals surface area contributed by atoms with E-state index in [9.17, 15) is 18.0 Å². The fourth-order valence-corrected chi connectivity index (χ4v) is 5.13. The molecule has 160 valence electrons. The first-order valence-electron chi connectivity index (χ1n) is 9.65. The monoisotopic (exact) mass is 431 g/mol. The van der Waals surface area contributed by atoms with Crippen LogP contribution in [0.3, 0.4) is 0 Å². The molecule has 8 heteroatoms. The highest BCUT2D eigenvalue weighted by Gasteiger charge is 2.39. The van der Waals surface area contributed by atoms with Crippen molar-refractivity contribution in [3.8, 4) is 0 Å². The van der Waals surface area contributed by atoms with Crippen LogP contribution in [0.4, 0.5) is 0 Å². The smallest absolute Gasteiger partial charge is 0.337 e. The molecule has 30 heavy (non-hydrogen) atoms. The number of methoxy groups -OCH3 is 2. The van der Waals surface area contributed by atoms with Gasteiger partial charge in [0.1, 0.15) is 0 Å². The molecule has 0 spiro atoms. The van der Waals surface area contributed by atoms with E-state index >= 15 is 0 Å². The Labute approximate surface area is 176 Å². The summed E-state index contributed by atoms with van der Waals surface area (Å²) in [6.07, 6.45) is 1.94. The molecule has 1 atom stereocenters. The molecule has 0 saturated heterocycles. The minimum atomic E-state index is -4.01. The zero-order valence-electron chi connectivity index (χ0n) is 17.2. The number of ether oxygens (including phenoxy) is 2. The zero-order chi connectivity index (χ0) is 21.9. The van der Waals surface area contributed by atoms with E-state index in [2.05, 4.69) is 0 Å². The molecule has 0 amide bonds. The van der Waals surface area contributed by atoms with Gasteiger partial charge < -0.3 is 9.47 Å². The van der Waals surface area contributed by atoms with Crippen LogP contribution < -0.4 is 0 Å². The third-order valence-corrected chi connectivity index (χ3v) is 7.21. The number of benzene rings is 2. The van der Waals surface area contributed by atoms with Crippen molar-refractivity contribution in [2.75, 3.05) is 14.2 Å². The molecule has 0 aromatic heterocycles. The van der Waals surface area contributed by atoms with Crippen molar-refractivity contribution in [3.63, 3.8) is 0 Å². The second kappa shape index (κ2) is 8.97. The van der Waals surface area contributed by atoms with Gasteiger partial charge in [0.2, 0.25) is 10.0 Å². The molecular formula is C22H25NO6S. The van der Waals surface area contributed by atoms with Crippen LogP contribution in [0.1, 0.15) is 46.0 Å². The average molecular weight is 432 g/mol. The molecule has 1 aliphatic rings. The maximum atomic E-state index is 13.7. The quantitative estimate of drug-likeness (QED) is 0.596. The molecule has 2 aromatic carbocycles. The zero-order valence-corrected chi connectivity index (χ0v) is 18.0. The topological polar surface area (TPSA) is 90.0 Å². The Morgan fingerprint density at radius 2 is 1.53 bits per heavy atom. The lowest BCUT2D eigenvalue weighted by atomic mass is 10.1. The molecular weight excluding hydrogens is 406 g/mol. The second-order valence-electron chi connectivity index (χ2n) is 7.34. The molecule has 0 radical (unpaired) electrons. The maximum absolute atomic E-state index is 13.7. The highest BCUT2D eigenvalue weighted by atomic mass is 32.2. The predicted octanol–water partition coefficient (Wildman–Crippen LogP) is 3.25. The van der Waals surface area contributed by atoms with Crippen molar-refractivity contribution < 1.29 is 27.5 Å². The van der Waals surface area contributed by atoms with E-state index < -0.39 is 22.0 Å². The van der Waals surface area contributed by atoms with Gasteiger partial charge in [-0.3, -0.25) is 0 Å². The Bertz CT molecular complexity index is 997. The summed E-state index contributed by atoms with van der Waals surface area (Å²) in [6, 6.07) is 12.8. The number of rotatable bonds is 8. The molecule has 1 fully saturated rings. The molecule has 0 bridgehead atoms. The number of carbonyl (C=O) groups is 2. The first-order valence-corrected chi connectivity index (χ1v) is 11.1. The minimum Gasteiger partial charge on any atom is -0.465 e. The van der Waals surface area contributed by atoms with E-state index in [1.807, 2.05) is 37.3 Å². The lowest BCUT2D eigenvalue weighted by Crippen LogP contribution is -2.39. The average Bonchev–Trinajstić information content (AvgIpc) is 3.61. The second-order valence-corrected chi connectivity index (χ2v) is 9.23. The first kappa shape index (κ1) is 22.0. The van der Waals surface area contributed by atoms with Crippen LogP contribution in [0.15, 0.2) is 53.4 Å². The summed E-state index contributed by atoms with van der Waals surface area (Å²) in [6.45, 7) is 2.08. The van der Waals surface area contributed by atoms with Crippen molar-refractivity contribution in [1.29, 1.82) is 0 Å². The van der Waals surface area contributed by atoms with Gasteiger partial charge >= 0.3 is 11.9 Å². The van der Waals surface area contributed by atoms with Crippen LogP contribution in [0, 0.1) is 5.92 Å². The number of nitrogens with zero attached hydrogens (tertiary/aromatic N) is 1. The lowest BCUT2D eigenvalue weighted by molar-refractivity contribution is 0.0598. The number of carbonyl (C=O) groups excluding carboxylic acids is 2. The van der Waals surface area contributed by atoms with Gasteiger partial charge in [-0.05, 0) is 49.4 Å². The fourth-order valence-electron chi connectivity index (χ4n) is 3.38. The van der Waals surface area contributed by atoms with E-state index in [4.69, 9.17) is 9.47 Å². The fraction of sp³-hybridized carbons (Fsp3) is 0.364. The van der Waals surface area contributed by atoms with Crippen LogP contribution in [0.2, 0.25) is 0 Å². The number of sulfonamides is 1. The third kappa shape index (κ3) is 4.71. The standard InChI is InChI=1S/C22H25NO6S/c1-15(17-9-10-17)23(14-16-7-5-4-6-8-16)30(26,27)20-12-18(21(24)28-2)11-19(13-20)22(25)29-3/h4-8,11-13,15,17H,9-10,14H2,1-3H3/t15-/m0/s1. The van der Waals surface area contributed by atoms with E-state index in [-0.39, 0.29) is 34.5 Å². The Kier molecular flexibility index (Phi) is 6.58. The van der Waals surface area contributed by atoms with E-state index in [0.29, 0.717) is 0 Å². The summed E-state index contributed by atoms with van der Waals surface area (Å²) < 4.78 is 38.2. The molecule has 1 aliphatic carbocycles. The molecule has 1 saturated carbocycles. The Morgan fingerprint density at radius 1 is 1.00 bits per heavy atom. The minimum absolute atomic E-state index is 0.0299. The summed E-state index contributed by atoms with van der Waals surface area (Å²) in [4.78, 5) is 24.0. The van der Waals surface area contributed by atoms with Crippen molar-refractivity contribution >= 4 is 22.0 Å². The number of hydrogen-bond acceptors (Lipinski definition) is 6. The Morgan fingerprint density at radius 3 is 2.00 bits per heavy atom. The van der Waals surface area contributed by atoms with Crippen molar-refractivity contribution in [2.45, 2.75) is 37.2 Å². The summed E-state index contributed by atoms with van der Waals surface area (Å²) >= 11 is 0. The summed E-state index contributed by atoms with van der Waals surface area (Å²) in [5.41, 5.74) is 0.793. The molecule has 0 heterocycles. The van der Waals surface area contributed by atoms with Gasteiger partial charge in [-0.1, -0.05) is 30.3 Å². The van der Waals surface area contributed by atoms with Gasteiger partial charge in [-0.15, -0.1) is 0 Å². The van der Waals surface area contributed by atoms with Gasteiger partial charge in [0, 0.05) is 12.6 Å². The molecule has 7 nitrogen and oxygen atoms in total. The summed E-state index contributed by atoms with van der Waals surface area (Å²) in [5, 5.41) is 0. The summed E-state index contributed by atoms with van der Waals surface area (Å²) in [5.74, 6) is -1.18. The van der Waals surface area contributed by atoms with Crippen molar-refractivity contribution in [1.82, 2.24) is 4.31 Å². The first-order chi connectivity index (χ1) is 14.3. The Balaban J connectivity index is 2.09. The highest BCUT2D eigenvalue weighted by Crippen LogP contribution is 2.38. The van der Waals surface area contributed by atoms with Crippen molar-refractivity contribution in [3.05, 3.63) is 65.2 Å². The van der Waals surface area contributed by atoms with Gasteiger partial charge in [0.25, 0.3) is 0 Å². The number of esters is 2. The van der Waals surface area contributed by atoms with Gasteiger partial charge in [-0.2, -0.15) is 4.31 Å². The molecule has 0 unspecified atom stereocenters. The number of hydrogen-bond donors (Lipinski definition) is 0. The Hall–Kier alpha value is -2.71. The van der Waals surface area contributed by atoms with Crippen molar-refractivity contribution in [2.24, 2.45) is 5.92 Å². The van der Waals surface area contributed by atoms with Crippen LogP contribution >= 0.6 is 0 Å². The normalized spacial score (nSPS) is 14.9. The van der Waals surface area contributed by atoms with E-state index in [0.717, 1.165) is 18.4 Å². The largest absolute Gasteiger partial charge is 0.465 e. The maximum Gasteiger partial charge on any atom is 0.337 e. The van der Waals surface area contributed by atoms with Crippen LogP contribution in [0.25, 0.3) is 0 Å². The molecule has 0 aliphatic heterocycles.